The zero-order valence-electron chi connectivity index (χ0n) is 18.0. The zero-order valence-corrected chi connectivity index (χ0v) is 17.5. The summed E-state index contributed by atoms with van der Waals surface area (Å²) in [6, 6.07) is 0. The van der Waals surface area contributed by atoms with Crippen molar-refractivity contribution in [1.29, 1.82) is 0 Å². The minimum absolute atomic E-state index is 0. The van der Waals surface area contributed by atoms with Crippen molar-refractivity contribution in [2.75, 3.05) is 0 Å². The fourth-order valence-corrected chi connectivity index (χ4v) is 2.53. The summed E-state index contributed by atoms with van der Waals surface area (Å²) in [5, 5.41) is 0. The summed E-state index contributed by atoms with van der Waals surface area (Å²) in [7, 11) is 0. The van der Waals surface area contributed by atoms with E-state index in [0.29, 0.717) is 6.42 Å². The summed E-state index contributed by atoms with van der Waals surface area (Å²) in [5.74, 6) is -1.04. The van der Waals surface area contributed by atoms with Gasteiger partial charge in [-0.15, -0.1) is 0 Å². The molecule has 0 N–H and O–H groups in total. The Hall–Kier alpha value is -0.354. The summed E-state index contributed by atoms with van der Waals surface area (Å²) in [5.41, 5.74) is 0.267. The fourth-order valence-electron chi connectivity index (χ4n) is 2.53. The molecule has 0 bridgehead atoms. The molecule has 0 radical (unpaired) electrons. The van der Waals surface area contributed by atoms with Crippen molar-refractivity contribution in [3.8, 4) is 0 Å². The second-order valence-corrected chi connectivity index (χ2v) is 6.53. The van der Waals surface area contributed by atoms with Crippen molar-refractivity contribution in [3.63, 3.8) is 0 Å². The predicted octanol–water partition coefficient (Wildman–Crippen LogP) is 5.96. The summed E-state index contributed by atoms with van der Waals surface area (Å²) in [6.07, 6.45) is 16.9. The van der Waals surface area contributed by atoms with Crippen LogP contribution in [-0.4, -0.2) is 35.0 Å². The van der Waals surface area contributed by atoms with Crippen LogP contribution in [0.15, 0.2) is 12.2 Å². The topological polar surface area (TPSA) is 43.4 Å². The average Bonchev–Trinajstić information content (AvgIpc) is 2.51. The van der Waals surface area contributed by atoms with Crippen LogP contribution in [-0.2, 0) is 14.3 Å². The molecule has 0 aromatic carbocycles. The van der Waals surface area contributed by atoms with Crippen LogP contribution < -0.4 is 0 Å². The van der Waals surface area contributed by atoms with Gasteiger partial charge in [-0.05, 0) is 13.3 Å². The Labute approximate surface area is 168 Å². The predicted molar refractivity (Wildman–Crippen MR) is 104 cm³/mol. The summed E-state index contributed by atoms with van der Waals surface area (Å²) < 4.78 is 4.64. The third kappa shape index (κ3) is 18.0. The molecule has 3 nitrogen and oxygen atoms in total. The molecular weight excluding hydrogens is 313 g/mol. The van der Waals surface area contributed by atoms with Crippen LogP contribution in [0.3, 0.4) is 0 Å². The largest absolute Gasteiger partial charge is 2.00 e. The molecule has 0 rings (SSSR count). The molecule has 0 heterocycles. The standard InChI is InChI=1S/C20H36O3.Mg.2H/c1-4-5-6-7-8-9-10-11-12-13-14-15-16-17-19(21)23-20(22)18(2)3;;;/h2,4-17H2,1,3H3;;;/q;+2;2*-1. The quantitative estimate of drug-likeness (QED) is 0.120. The molecule has 4 heteroatoms. The van der Waals surface area contributed by atoms with Crippen LogP contribution in [0, 0.1) is 0 Å². The van der Waals surface area contributed by atoms with E-state index in [1.807, 2.05) is 0 Å². The van der Waals surface area contributed by atoms with E-state index in [1.165, 1.54) is 64.2 Å². The molecule has 0 aliphatic heterocycles. The molecule has 0 aliphatic carbocycles. The minimum atomic E-state index is -0.607. The number of esters is 2. The Kier molecular flexibility index (Phi) is 20.5. The molecule has 0 saturated heterocycles. The van der Waals surface area contributed by atoms with Crippen molar-refractivity contribution in [1.82, 2.24) is 0 Å². The maximum atomic E-state index is 11.4. The van der Waals surface area contributed by atoms with Gasteiger partial charge < -0.3 is 7.59 Å². The Morgan fingerprint density at radius 1 is 0.792 bits per heavy atom. The van der Waals surface area contributed by atoms with Gasteiger partial charge in [-0.2, -0.15) is 0 Å². The monoisotopic (exact) mass is 350 g/mol. The number of carbonyl (C=O) groups excluding carboxylic acids is 2. The average molecular weight is 351 g/mol. The second kappa shape index (κ2) is 19.0. The molecule has 0 fully saturated rings. The Morgan fingerprint density at radius 2 is 1.17 bits per heavy atom. The minimum Gasteiger partial charge on any atom is -1.00 e. The van der Waals surface area contributed by atoms with E-state index in [0.717, 1.165) is 19.3 Å². The molecule has 0 aromatic heterocycles. The molecule has 24 heavy (non-hydrogen) atoms. The Bertz CT molecular complexity index is 350. The van der Waals surface area contributed by atoms with Gasteiger partial charge in [-0.1, -0.05) is 90.6 Å². The normalized spacial score (nSPS) is 10.1. The maximum Gasteiger partial charge on any atom is 2.00 e. The van der Waals surface area contributed by atoms with Crippen LogP contribution in [0.1, 0.15) is 107 Å². The first-order valence-electron chi connectivity index (χ1n) is 9.48. The van der Waals surface area contributed by atoms with Crippen LogP contribution in [0.4, 0.5) is 0 Å². The van der Waals surface area contributed by atoms with Crippen molar-refractivity contribution < 1.29 is 17.2 Å². The smallest absolute Gasteiger partial charge is 1.00 e. The van der Waals surface area contributed by atoms with E-state index in [-0.39, 0.29) is 31.5 Å². The van der Waals surface area contributed by atoms with Crippen molar-refractivity contribution in [2.24, 2.45) is 0 Å². The van der Waals surface area contributed by atoms with Crippen molar-refractivity contribution in [2.45, 2.75) is 104 Å². The molecule has 0 amide bonds. The first-order chi connectivity index (χ1) is 11.1. The fraction of sp³-hybridized carbons (Fsp3) is 0.800. The number of hydrogen-bond acceptors (Lipinski definition) is 3. The third-order valence-electron chi connectivity index (χ3n) is 4.04. The molecule has 0 saturated carbocycles. The number of hydrogen-bond donors (Lipinski definition) is 0. The molecule has 0 aliphatic rings. The van der Waals surface area contributed by atoms with E-state index >= 15 is 0 Å². The van der Waals surface area contributed by atoms with E-state index in [4.69, 9.17) is 0 Å². The first-order valence-corrected chi connectivity index (χ1v) is 9.48. The number of unbranched alkanes of at least 4 members (excludes halogenated alkanes) is 12. The Balaban J connectivity index is -0.000000807. The zero-order chi connectivity index (χ0) is 17.3. The van der Waals surface area contributed by atoms with Crippen LogP contribution >= 0.6 is 0 Å². The molecule has 0 unspecified atom stereocenters. The molecular formula is C20H38MgO3. The van der Waals surface area contributed by atoms with Crippen molar-refractivity contribution >= 4 is 35.0 Å². The maximum absolute atomic E-state index is 11.4. The summed E-state index contributed by atoms with van der Waals surface area (Å²) in [6.45, 7) is 7.25. The number of carbonyl (C=O) groups is 2. The van der Waals surface area contributed by atoms with Gasteiger partial charge >= 0.3 is 35.0 Å². The SMILES string of the molecule is C=C(C)C(=O)OC(=O)CCCCCCCCCCCCCCC.[H-].[H-].[Mg+2]. The van der Waals surface area contributed by atoms with Crippen LogP contribution in [0.5, 0.6) is 0 Å². The molecule has 0 aromatic rings. The first kappa shape index (κ1) is 25.9. The third-order valence-corrected chi connectivity index (χ3v) is 4.04. The van der Waals surface area contributed by atoms with Gasteiger partial charge in [-0.3, -0.25) is 4.79 Å². The van der Waals surface area contributed by atoms with Gasteiger partial charge in [0.25, 0.3) is 0 Å². The number of ether oxygens (including phenoxy) is 1. The van der Waals surface area contributed by atoms with Gasteiger partial charge in [0, 0.05) is 12.0 Å². The van der Waals surface area contributed by atoms with Crippen molar-refractivity contribution in [3.05, 3.63) is 12.2 Å². The Morgan fingerprint density at radius 3 is 1.54 bits per heavy atom. The van der Waals surface area contributed by atoms with Gasteiger partial charge in [0.2, 0.25) is 0 Å². The molecule has 0 spiro atoms. The number of rotatable bonds is 15. The van der Waals surface area contributed by atoms with Gasteiger partial charge in [0.15, 0.2) is 0 Å². The van der Waals surface area contributed by atoms with Crippen LogP contribution in [0.2, 0.25) is 0 Å². The van der Waals surface area contributed by atoms with Gasteiger partial charge in [0.1, 0.15) is 0 Å². The van der Waals surface area contributed by atoms with Gasteiger partial charge in [0.05, 0.1) is 0 Å². The van der Waals surface area contributed by atoms with E-state index in [2.05, 4.69) is 18.2 Å². The van der Waals surface area contributed by atoms with E-state index in [1.54, 1.807) is 6.92 Å². The van der Waals surface area contributed by atoms with E-state index < -0.39 is 11.9 Å². The second-order valence-electron chi connectivity index (χ2n) is 6.53. The van der Waals surface area contributed by atoms with Crippen LogP contribution in [0.25, 0.3) is 0 Å². The molecule has 0 atom stereocenters. The summed E-state index contributed by atoms with van der Waals surface area (Å²) >= 11 is 0. The van der Waals surface area contributed by atoms with E-state index in [9.17, 15) is 9.59 Å². The molecule has 138 valence electrons. The van der Waals surface area contributed by atoms with Gasteiger partial charge in [-0.25, -0.2) is 4.79 Å². The summed E-state index contributed by atoms with van der Waals surface area (Å²) in [4.78, 5) is 22.5.